The van der Waals surface area contributed by atoms with Gasteiger partial charge in [-0.3, -0.25) is 0 Å². The van der Waals surface area contributed by atoms with Crippen molar-refractivity contribution in [2.75, 3.05) is 6.61 Å². The van der Waals surface area contributed by atoms with E-state index in [1.165, 1.54) is 29.5 Å². The van der Waals surface area contributed by atoms with E-state index in [0.29, 0.717) is 6.10 Å². The van der Waals surface area contributed by atoms with Crippen LogP contribution in [0.2, 0.25) is 0 Å². The summed E-state index contributed by atoms with van der Waals surface area (Å²) in [5, 5.41) is 0.124. The second-order valence-corrected chi connectivity index (χ2v) is 5.55. The normalized spacial score (nSPS) is 21.7. The zero-order chi connectivity index (χ0) is 12.3. The van der Waals surface area contributed by atoms with Crippen LogP contribution in [0.4, 0.5) is 0 Å². The summed E-state index contributed by atoms with van der Waals surface area (Å²) in [6.45, 7) is 5.21. The number of hydrogen-bond donors (Lipinski definition) is 0. The Bertz CT molecular complexity index is 369. The van der Waals surface area contributed by atoms with Gasteiger partial charge in [-0.15, -0.1) is 11.6 Å². The van der Waals surface area contributed by atoms with Crippen molar-refractivity contribution in [2.24, 2.45) is 0 Å². The van der Waals surface area contributed by atoms with Crippen LogP contribution in [-0.4, -0.2) is 12.7 Å². The van der Waals surface area contributed by atoms with E-state index < -0.39 is 0 Å². The third-order valence-corrected chi connectivity index (χ3v) is 4.13. The lowest BCUT2D eigenvalue weighted by molar-refractivity contribution is 0.102. The van der Waals surface area contributed by atoms with Gasteiger partial charge in [0.05, 0.1) is 11.5 Å². The largest absolute Gasteiger partial charge is 0.378 e. The number of hydrogen-bond acceptors (Lipinski definition) is 1. The molecule has 0 amide bonds. The molecule has 0 radical (unpaired) electrons. The Morgan fingerprint density at radius 2 is 2.18 bits per heavy atom. The van der Waals surface area contributed by atoms with Gasteiger partial charge in [0.25, 0.3) is 0 Å². The predicted molar refractivity (Wildman–Crippen MR) is 72.7 cm³/mol. The first kappa shape index (κ1) is 12.9. The quantitative estimate of drug-likeness (QED) is 0.715. The van der Waals surface area contributed by atoms with Crippen LogP contribution in [0.1, 0.15) is 47.8 Å². The Balaban J connectivity index is 1.89. The molecule has 1 nitrogen and oxygen atoms in total. The summed E-state index contributed by atoms with van der Waals surface area (Å²) >= 11 is 6.45. The molecule has 0 aliphatic carbocycles. The molecule has 94 valence electrons. The van der Waals surface area contributed by atoms with Crippen molar-refractivity contribution in [3.05, 3.63) is 34.9 Å². The van der Waals surface area contributed by atoms with Crippen molar-refractivity contribution >= 4 is 11.6 Å². The highest BCUT2D eigenvalue weighted by Gasteiger charge is 2.17. The smallest absolute Gasteiger partial charge is 0.0586 e. The van der Waals surface area contributed by atoms with E-state index in [1.807, 2.05) is 0 Å². The van der Waals surface area contributed by atoms with Crippen LogP contribution in [-0.2, 0) is 4.74 Å². The molecule has 2 rings (SSSR count). The van der Waals surface area contributed by atoms with Crippen molar-refractivity contribution in [3.63, 3.8) is 0 Å². The number of halogens is 1. The highest BCUT2D eigenvalue weighted by molar-refractivity contribution is 6.20. The van der Waals surface area contributed by atoms with Crippen LogP contribution in [0, 0.1) is 13.8 Å². The molecule has 1 aromatic carbocycles. The van der Waals surface area contributed by atoms with Gasteiger partial charge in [0, 0.05) is 6.61 Å². The Hall–Kier alpha value is -0.530. The summed E-state index contributed by atoms with van der Waals surface area (Å²) < 4.78 is 5.62. The second kappa shape index (κ2) is 5.88. The molecule has 1 saturated heterocycles. The number of aryl methyl sites for hydroxylation is 2. The fraction of sp³-hybridized carbons (Fsp3) is 0.600. The number of benzene rings is 1. The van der Waals surface area contributed by atoms with Gasteiger partial charge in [-0.2, -0.15) is 0 Å². The lowest BCUT2D eigenvalue weighted by atomic mass is 10.0. The van der Waals surface area contributed by atoms with Crippen molar-refractivity contribution < 1.29 is 4.74 Å². The van der Waals surface area contributed by atoms with Crippen LogP contribution in [0.25, 0.3) is 0 Å². The first-order chi connectivity index (χ1) is 8.16. The summed E-state index contributed by atoms with van der Waals surface area (Å²) in [5.41, 5.74) is 3.90. The van der Waals surface area contributed by atoms with Gasteiger partial charge in [0.1, 0.15) is 0 Å². The van der Waals surface area contributed by atoms with Gasteiger partial charge < -0.3 is 4.74 Å². The van der Waals surface area contributed by atoms with Crippen LogP contribution in [0.3, 0.4) is 0 Å². The van der Waals surface area contributed by atoms with E-state index in [4.69, 9.17) is 16.3 Å². The maximum Gasteiger partial charge on any atom is 0.0586 e. The third-order valence-electron chi connectivity index (χ3n) is 3.66. The van der Waals surface area contributed by atoms with Gasteiger partial charge in [0.15, 0.2) is 0 Å². The van der Waals surface area contributed by atoms with Crippen LogP contribution < -0.4 is 0 Å². The Labute approximate surface area is 109 Å². The van der Waals surface area contributed by atoms with Crippen molar-refractivity contribution in [1.29, 1.82) is 0 Å². The predicted octanol–water partition coefficient (Wildman–Crippen LogP) is 4.54. The molecule has 0 spiro atoms. The molecular weight excluding hydrogens is 232 g/mol. The van der Waals surface area contributed by atoms with E-state index in [1.54, 1.807) is 0 Å². The number of rotatable bonds is 4. The molecule has 0 N–H and O–H groups in total. The molecule has 0 aromatic heterocycles. The number of ether oxygens (including phenoxy) is 1. The third kappa shape index (κ3) is 3.46. The summed E-state index contributed by atoms with van der Waals surface area (Å²) in [7, 11) is 0. The average Bonchev–Trinajstić information content (AvgIpc) is 2.82. The molecule has 2 unspecified atom stereocenters. The van der Waals surface area contributed by atoms with E-state index in [-0.39, 0.29) is 5.38 Å². The van der Waals surface area contributed by atoms with Crippen molar-refractivity contribution in [1.82, 2.24) is 0 Å². The van der Waals surface area contributed by atoms with E-state index in [9.17, 15) is 0 Å². The molecule has 1 fully saturated rings. The van der Waals surface area contributed by atoms with Crippen molar-refractivity contribution in [2.45, 2.75) is 51.0 Å². The monoisotopic (exact) mass is 252 g/mol. The van der Waals surface area contributed by atoms with E-state index in [2.05, 4.69) is 32.0 Å². The highest BCUT2D eigenvalue weighted by atomic mass is 35.5. The molecule has 2 atom stereocenters. The van der Waals surface area contributed by atoms with E-state index in [0.717, 1.165) is 19.4 Å². The van der Waals surface area contributed by atoms with Crippen LogP contribution in [0.15, 0.2) is 18.2 Å². The summed E-state index contributed by atoms with van der Waals surface area (Å²) in [5.74, 6) is 0. The summed E-state index contributed by atoms with van der Waals surface area (Å²) in [6.07, 6.45) is 4.95. The zero-order valence-corrected chi connectivity index (χ0v) is 11.5. The minimum absolute atomic E-state index is 0.124. The fourth-order valence-electron chi connectivity index (χ4n) is 2.33. The second-order valence-electron chi connectivity index (χ2n) is 5.02. The number of alkyl halides is 1. The summed E-state index contributed by atoms with van der Waals surface area (Å²) in [4.78, 5) is 0. The first-order valence-electron chi connectivity index (χ1n) is 6.49. The van der Waals surface area contributed by atoms with Gasteiger partial charge in [-0.1, -0.05) is 18.2 Å². The van der Waals surface area contributed by atoms with Crippen LogP contribution in [0.5, 0.6) is 0 Å². The molecule has 1 aliphatic heterocycles. The van der Waals surface area contributed by atoms with Gasteiger partial charge in [-0.25, -0.2) is 0 Å². The minimum atomic E-state index is 0.124. The molecule has 17 heavy (non-hydrogen) atoms. The zero-order valence-electron chi connectivity index (χ0n) is 10.7. The summed E-state index contributed by atoms with van der Waals surface area (Å²) in [6, 6.07) is 6.52. The lowest BCUT2D eigenvalue weighted by Gasteiger charge is -2.14. The standard InChI is InChI=1S/C15H21ClO/c1-11-5-6-13(10-12(11)2)15(16)8-7-14-4-3-9-17-14/h5-6,10,14-15H,3-4,7-9H2,1-2H3. The molecule has 0 bridgehead atoms. The van der Waals surface area contributed by atoms with Gasteiger partial charge >= 0.3 is 0 Å². The molecule has 1 heterocycles. The van der Waals surface area contributed by atoms with Crippen LogP contribution >= 0.6 is 11.6 Å². The highest BCUT2D eigenvalue weighted by Crippen LogP contribution is 2.29. The first-order valence-corrected chi connectivity index (χ1v) is 6.93. The maximum absolute atomic E-state index is 6.45. The lowest BCUT2D eigenvalue weighted by Crippen LogP contribution is -2.06. The SMILES string of the molecule is Cc1ccc(C(Cl)CCC2CCCO2)cc1C. The maximum atomic E-state index is 6.45. The minimum Gasteiger partial charge on any atom is -0.378 e. The Kier molecular flexibility index (Phi) is 4.47. The van der Waals surface area contributed by atoms with Crippen molar-refractivity contribution in [3.8, 4) is 0 Å². The topological polar surface area (TPSA) is 9.23 Å². The molecule has 2 heteroatoms. The molecule has 1 aliphatic rings. The average molecular weight is 253 g/mol. The fourth-order valence-corrected chi connectivity index (χ4v) is 2.59. The molecular formula is C15H21ClO. The Morgan fingerprint density at radius 1 is 1.35 bits per heavy atom. The molecule has 1 aromatic rings. The van der Waals surface area contributed by atoms with Gasteiger partial charge in [-0.05, 0) is 56.2 Å². The molecule has 0 saturated carbocycles. The van der Waals surface area contributed by atoms with E-state index >= 15 is 0 Å². The Morgan fingerprint density at radius 3 is 2.82 bits per heavy atom. The van der Waals surface area contributed by atoms with Gasteiger partial charge in [0.2, 0.25) is 0 Å².